The number of carbonyl (C=O) groups is 1. The summed E-state index contributed by atoms with van der Waals surface area (Å²) in [6.45, 7) is 3.67. The fourth-order valence-corrected chi connectivity index (χ4v) is 4.13. The maximum absolute atomic E-state index is 13.3. The van der Waals surface area contributed by atoms with Crippen LogP contribution in [0.3, 0.4) is 0 Å². The number of carbonyl (C=O) groups excluding carboxylic acids is 1. The van der Waals surface area contributed by atoms with E-state index in [0.29, 0.717) is 11.4 Å². The predicted octanol–water partition coefficient (Wildman–Crippen LogP) is 3.20. The van der Waals surface area contributed by atoms with Gasteiger partial charge in [-0.1, -0.05) is 24.3 Å². The zero-order valence-electron chi connectivity index (χ0n) is 15.7. The standard InChI is InChI=1S/C20H20N2O5S/c1-4-27-20(23)17-13-19(22(21-17)18-11-6-5-8-14(18)2)28(24,25)16-10-7-9-15(12-16)26-3/h5-13H,4H2,1-3H3. The molecule has 0 aliphatic carbocycles. The van der Waals surface area contributed by atoms with Crippen molar-refractivity contribution < 1.29 is 22.7 Å². The Kier molecular flexibility index (Phi) is 5.51. The van der Waals surface area contributed by atoms with Crippen LogP contribution in [0.1, 0.15) is 23.0 Å². The highest BCUT2D eigenvalue weighted by Crippen LogP contribution is 2.28. The first kappa shape index (κ1) is 19.6. The third kappa shape index (κ3) is 3.63. The Labute approximate surface area is 163 Å². The highest BCUT2D eigenvalue weighted by Gasteiger charge is 2.28. The highest BCUT2D eigenvalue weighted by molar-refractivity contribution is 7.91. The number of aryl methyl sites for hydroxylation is 1. The van der Waals surface area contributed by atoms with Crippen molar-refractivity contribution in [3.8, 4) is 11.4 Å². The molecule has 7 nitrogen and oxygen atoms in total. The number of aromatic nitrogens is 2. The van der Waals surface area contributed by atoms with Crippen molar-refractivity contribution in [1.82, 2.24) is 9.78 Å². The van der Waals surface area contributed by atoms with E-state index < -0.39 is 15.8 Å². The Morgan fingerprint density at radius 1 is 1.11 bits per heavy atom. The first-order valence-corrected chi connectivity index (χ1v) is 10.1. The summed E-state index contributed by atoms with van der Waals surface area (Å²) in [5.74, 6) is -0.273. The Balaban J connectivity index is 2.23. The molecular weight excluding hydrogens is 380 g/mol. The number of ether oxygens (including phenoxy) is 2. The van der Waals surface area contributed by atoms with E-state index in [1.54, 1.807) is 31.2 Å². The van der Waals surface area contributed by atoms with Gasteiger partial charge >= 0.3 is 5.97 Å². The molecule has 0 bridgehead atoms. The van der Waals surface area contributed by atoms with Crippen molar-refractivity contribution in [2.45, 2.75) is 23.8 Å². The summed E-state index contributed by atoms with van der Waals surface area (Å²) in [7, 11) is -2.52. The van der Waals surface area contributed by atoms with E-state index in [0.717, 1.165) is 5.56 Å². The summed E-state index contributed by atoms with van der Waals surface area (Å²) >= 11 is 0. The lowest BCUT2D eigenvalue weighted by Gasteiger charge is -2.11. The molecule has 0 spiro atoms. The Hall–Kier alpha value is -3.13. The molecule has 0 aliphatic heterocycles. The second-order valence-electron chi connectivity index (χ2n) is 5.97. The Bertz CT molecular complexity index is 1120. The zero-order chi connectivity index (χ0) is 20.3. The van der Waals surface area contributed by atoms with Gasteiger partial charge in [0.05, 0.1) is 24.3 Å². The average molecular weight is 400 g/mol. The minimum atomic E-state index is -3.98. The van der Waals surface area contributed by atoms with Gasteiger partial charge in [-0.2, -0.15) is 5.10 Å². The molecule has 1 heterocycles. The van der Waals surface area contributed by atoms with E-state index in [1.165, 1.54) is 30.0 Å². The summed E-state index contributed by atoms with van der Waals surface area (Å²) in [6, 6.07) is 14.6. The minimum Gasteiger partial charge on any atom is -0.497 e. The van der Waals surface area contributed by atoms with Crippen LogP contribution >= 0.6 is 0 Å². The molecule has 0 saturated carbocycles. The van der Waals surface area contributed by atoms with Crippen molar-refractivity contribution in [1.29, 1.82) is 0 Å². The lowest BCUT2D eigenvalue weighted by molar-refractivity contribution is 0.0519. The first-order chi connectivity index (χ1) is 13.4. The monoisotopic (exact) mass is 400 g/mol. The number of nitrogens with zero attached hydrogens (tertiary/aromatic N) is 2. The smallest absolute Gasteiger partial charge is 0.358 e. The SMILES string of the molecule is CCOC(=O)c1cc(S(=O)(=O)c2cccc(OC)c2)n(-c2ccccc2C)n1. The molecule has 1 aromatic heterocycles. The molecule has 0 N–H and O–H groups in total. The van der Waals surface area contributed by atoms with Crippen molar-refractivity contribution in [2.75, 3.05) is 13.7 Å². The van der Waals surface area contributed by atoms with E-state index in [4.69, 9.17) is 9.47 Å². The topological polar surface area (TPSA) is 87.5 Å². The van der Waals surface area contributed by atoms with Gasteiger partial charge in [-0.3, -0.25) is 0 Å². The maximum Gasteiger partial charge on any atom is 0.358 e. The lowest BCUT2D eigenvalue weighted by atomic mass is 10.2. The molecule has 2 aromatic carbocycles. The maximum atomic E-state index is 13.3. The van der Waals surface area contributed by atoms with Crippen molar-refractivity contribution in [2.24, 2.45) is 0 Å². The molecule has 0 aliphatic rings. The molecule has 8 heteroatoms. The molecule has 3 rings (SSSR count). The van der Waals surface area contributed by atoms with Crippen LogP contribution in [-0.2, 0) is 14.6 Å². The largest absolute Gasteiger partial charge is 0.497 e. The molecule has 0 radical (unpaired) electrons. The van der Waals surface area contributed by atoms with Crippen LogP contribution in [0.15, 0.2) is 64.5 Å². The molecule has 146 valence electrons. The quantitative estimate of drug-likeness (QED) is 0.591. The van der Waals surface area contributed by atoms with Crippen LogP contribution < -0.4 is 4.74 Å². The van der Waals surface area contributed by atoms with Gasteiger partial charge in [0, 0.05) is 6.07 Å². The van der Waals surface area contributed by atoms with E-state index >= 15 is 0 Å². The van der Waals surface area contributed by atoms with Crippen LogP contribution in [0.4, 0.5) is 0 Å². The number of rotatable bonds is 6. The van der Waals surface area contributed by atoms with Gasteiger partial charge in [0.1, 0.15) is 5.75 Å². The van der Waals surface area contributed by atoms with Crippen LogP contribution in [-0.4, -0.2) is 37.9 Å². The third-order valence-electron chi connectivity index (χ3n) is 4.13. The number of para-hydroxylation sites is 1. The number of methoxy groups -OCH3 is 1. The lowest BCUT2D eigenvalue weighted by Crippen LogP contribution is -2.11. The van der Waals surface area contributed by atoms with E-state index in [1.807, 2.05) is 19.1 Å². The van der Waals surface area contributed by atoms with Crippen LogP contribution in [0.25, 0.3) is 5.69 Å². The molecule has 0 fully saturated rings. The number of hydrogen-bond donors (Lipinski definition) is 0. The van der Waals surface area contributed by atoms with Gasteiger partial charge in [-0.05, 0) is 43.7 Å². The van der Waals surface area contributed by atoms with Crippen LogP contribution in [0.2, 0.25) is 0 Å². The highest BCUT2D eigenvalue weighted by atomic mass is 32.2. The van der Waals surface area contributed by atoms with E-state index in [-0.39, 0.29) is 22.2 Å². The van der Waals surface area contributed by atoms with Crippen molar-refractivity contribution in [3.63, 3.8) is 0 Å². The summed E-state index contributed by atoms with van der Waals surface area (Å²) < 4.78 is 38.0. The fourth-order valence-electron chi connectivity index (χ4n) is 2.72. The molecule has 0 amide bonds. The average Bonchev–Trinajstić information content (AvgIpc) is 3.15. The van der Waals surface area contributed by atoms with Crippen molar-refractivity contribution >= 4 is 15.8 Å². The summed E-state index contributed by atoms with van der Waals surface area (Å²) in [6.07, 6.45) is 0. The summed E-state index contributed by atoms with van der Waals surface area (Å²) in [5, 5.41) is 4.10. The second-order valence-corrected chi connectivity index (χ2v) is 7.87. The van der Waals surface area contributed by atoms with Crippen LogP contribution in [0, 0.1) is 6.92 Å². The van der Waals surface area contributed by atoms with Gasteiger partial charge in [0.15, 0.2) is 10.7 Å². The normalized spacial score (nSPS) is 11.2. The zero-order valence-corrected chi connectivity index (χ0v) is 16.6. The van der Waals surface area contributed by atoms with Crippen molar-refractivity contribution in [3.05, 3.63) is 65.9 Å². The van der Waals surface area contributed by atoms with Gasteiger partial charge in [-0.15, -0.1) is 0 Å². The molecule has 0 atom stereocenters. The summed E-state index contributed by atoms with van der Waals surface area (Å²) in [4.78, 5) is 12.2. The van der Waals surface area contributed by atoms with E-state index in [9.17, 15) is 13.2 Å². The van der Waals surface area contributed by atoms with Gasteiger partial charge < -0.3 is 9.47 Å². The third-order valence-corrected chi connectivity index (χ3v) is 5.85. The molecule has 3 aromatic rings. The Morgan fingerprint density at radius 2 is 1.86 bits per heavy atom. The van der Waals surface area contributed by atoms with Crippen LogP contribution in [0.5, 0.6) is 5.75 Å². The molecule has 0 unspecified atom stereocenters. The molecular formula is C20H20N2O5S. The van der Waals surface area contributed by atoms with E-state index in [2.05, 4.69) is 5.10 Å². The van der Waals surface area contributed by atoms with Gasteiger partial charge in [-0.25, -0.2) is 17.9 Å². The predicted molar refractivity (Wildman–Crippen MR) is 103 cm³/mol. The second kappa shape index (κ2) is 7.85. The number of esters is 1. The number of benzene rings is 2. The molecule has 0 saturated heterocycles. The summed E-state index contributed by atoms with van der Waals surface area (Å²) in [5.41, 5.74) is 1.29. The first-order valence-electron chi connectivity index (χ1n) is 8.60. The number of sulfone groups is 1. The van der Waals surface area contributed by atoms with Gasteiger partial charge in [0.2, 0.25) is 9.84 Å². The van der Waals surface area contributed by atoms with Gasteiger partial charge in [0.25, 0.3) is 0 Å². The molecule has 28 heavy (non-hydrogen) atoms. The number of hydrogen-bond acceptors (Lipinski definition) is 6. The minimum absolute atomic E-state index is 0.0389. The Morgan fingerprint density at radius 3 is 2.54 bits per heavy atom. The fraction of sp³-hybridized carbons (Fsp3) is 0.200.